The van der Waals surface area contributed by atoms with Crippen molar-refractivity contribution in [3.63, 3.8) is 0 Å². The first-order chi connectivity index (χ1) is 13.9. The highest BCUT2D eigenvalue weighted by Gasteiger charge is 2.51. The summed E-state index contributed by atoms with van der Waals surface area (Å²) in [7, 11) is -1.80. The molecule has 2 heterocycles. The molecule has 1 aliphatic rings. The zero-order valence-electron chi connectivity index (χ0n) is 17.7. The summed E-state index contributed by atoms with van der Waals surface area (Å²) in [5, 5.41) is 0. The molecule has 13 heteroatoms. The van der Waals surface area contributed by atoms with Crippen molar-refractivity contribution < 1.29 is 33.3 Å². The Labute approximate surface area is 174 Å². The molecule has 12 nitrogen and oxygen atoms in total. The fraction of sp³-hybridized carbons (Fsp3) is 0.647. The molecule has 1 aromatic heterocycles. The van der Waals surface area contributed by atoms with Gasteiger partial charge < -0.3 is 23.9 Å². The van der Waals surface area contributed by atoms with E-state index in [1.54, 1.807) is 0 Å². The highest BCUT2D eigenvalue weighted by Crippen LogP contribution is 2.33. The summed E-state index contributed by atoms with van der Waals surface area (Å²) in [5.41, 5.74) is -0.706. The van der Waals surface area contributed by atoms with Gasteiger partial charge in [0.1, 0.15) is 27.3 Å². The maximum absolute atomic E-state index is 12.6. The average Bonchev–Trinajstić information content (AvgIpc) is 2.88. The van der Waals surface area contributed by atoms with Crippen molar-refractivity contribution in [1.82, 2.24) is 14.5 Å². The lowest BCUT2D eigenvalue weighted by atomic mass is 10.1. The lowest BCUT2D eigenvalue weighted by molar-refractivity contribution is -0.166. The molecule has 0 aromatic carbocycles. The van der Waals surface area contributed by atoms with Crippen molar-refractivity contribution >= 4 is 32.1 Å². The van der Waals surface area contributed by atoms with Gasteiger partial charge in [0.15, 0.2) is 18.4 Å². The molecule has 0 amide bonds. The third-order valence-electron chi connectivity index (χ3n) is 3.83. The van der Waals surface area contributed by atoms with Gasteiger partial charge in [-0.25, -0.2) is 9.78 Å². The fourth-order valence-corrected chi connectivity index (χ4v) is 3.62. The minimum atomic E-state index is -1.80. The number of nitrogens with zero attached hydrogens (tertiary/aromatic N) is 3. The van der Waals surface area contributed by atoms with Crippen LogP contribution in [0.25, 0.3) is 0 Å². The van der Waals surface area contributed by atoms with E-state index in [2.05, 4.69) is 15.0 Å². The Bertz CT molecular complexity index is 868. The minimum Gasteiger partial charge on any atom is -0.463 e. The van der Waals surface area contributed by atoms with Gasteiger partial charge in [-0.2, -0.15) is 4.98 Å². The van der Waals surface area contributed by atoms with Crippen LogP contribution in [0.15, 0.2) is 11.1 Å². The summed E-state index contributed by atoms with van der Waals surface area (Å²) < 4.78 is 22.3. The number of aromatic nitrogens is 3. The van der Waals surface area contributed by atoms with E-state index in [9.17, 15) is 19.2 Å². The Morgan fingerprint density at radius 1 is 1.10 bits per heavy atom. The molecule has 1 aromatic rings. The quantitative estimate of drug-likeness (QED) is 0.351. The molecule has 0 spiro atoms. The van der Waals surface area contributed by atoms with Gasteiger partial charge in [-0.1, -0.05) is 19.6 Å². The highest BCUT2D eigenvalue weighted by atomic mass is 28.3. The lowest BCUT2D eigenvalue weighted by Gasteiger charge is -2.24. The van der Waals surface area contributed by atoms with Crippen LogP contribution in [-0.2, 0) is 33.3 Å². The standard InChI is InChI=1S/C17H26N4O8Si/c1-9(22)26-7-12-13(27-10(2)23)14(28-11(3)24)15(29-12)21-8-18-16(19-17(21)25)20-30(4,5)6/h8,12-15H,7H2,1-6H3,(H,19,20,25). The molecule has 1 aliphatic heterocycles. The summed E-state index contributed by atoms with van der Waals surface area (Å²) in [6.07, 6.45) is -3.24. The first kappa shape index (κ1) is 23.5. The van der Waals surface area contributed by atoms with Crippen LogP contribution in [0, 0.1) is 0 Å². The van der Waals surface area contributed by atoms with Gasteiger partial charge in [-0.3, -0.25) is 19.0 Å². The van der Waals surface area contributed by atoms with Gasteiger partial charge in [0.2, 0.25) is 5.95 Å². The molecule has 0 bridgehead atoms. The lowest BCUT2D eigenvalue weighted by Crippen LogP contribution is -2.42. The smallest absolute Gasteiger partial charge is 0.354 e. The Hall–Kier alpha value is -2.80. The normalized spacial score (nSPS) is 23.5. The maximum atomic E-state index is 12.6. The number of esters is 3. The first-order valence-electron chi connectivity index (χ1n) is 9.24. The minimum absolute atomic E-state index is 0.172. The SMILES string of the molecule is CC(=O)OCC1OC(n2cnc(N[Si](C)(C)C)nc2=O)C(OC(C)=O)C1OC(C)=O. The van der Waals surface area contributed by atoms with Crippen LogP contribution in [0.4, 0.5) is 5.95 Å². The van der Waals surface area contributed by atoms with Crippen molar-refractivity contribution in [2.24, 2.45) is 0 Å². The van der Waals surface area contributed by atoms with Crippen LogP contribution >= 0.6 is 0 Å². The third-order valence-corrected chi connectivity index (χ3v) is 4.80. The van der Waals surface area contributed by atoms with E-state index >= 15 is 0 Å². The summed E-state index contributed by atoms with van der Waals surface area (Å²) in [6.45, 7) is 9.33. The van der Waals surface area contributed by atoms with Gasteiger partial charge in [0.05, 0.1) is 0 Å². The number of hydrogen-bond acceptors (Lipinski definition) is 11. The number of hydrogen-bond donors (Lipinski definition) is 1. The molecule has 4 atom stereocenters. The Morgan fingerprint density at radius 3 is 2.20 bits per heavy atom. The molecule has 1 fully saturated rings. The van der Waals surface area contributed by atoms with E-state index in [1.807, 2.05) is 19.6 Å². The van der Waals surface area contributed by atoms with Crippen molar-refractivity contribution in [3.8, 4) is 0 Å². The van der Waals surface area contributed by atoms with Crippen LogP contribution in [0.1, 0.15) is 27.0 Å². The second-order valence-electron chi connectivity index (χ2n) is 7.76. The predicted molar refractivity (Wildman–Crippen MR) is 105 cm³/mol. The van der Waals surface area contributed by atoms with Gasteiger partial charge >= 0.3 is 23.6 Å². The third kappa shape index (κ3) is 6.35. The molecule has 0 aliphatic carbocycles. The molecule has 0 saturated carbocycles. The number of anilines is 1. The van der Waals surface area contributed by atoms with Crippen LogP contribution in [0.2, 0.25) is 19.6 Å². The molecule has 166 valence electrons. The van der Waals surface area contributed by atoms with E-state index in [4.69, 9.17) is 18.9 Å². The van der Waals surface area contributed by atoms with Crippen molar-refractivity contribution in [2.75, 3.05) is 11.6 Å². The van der Waals surface area contributed by atoms with Crippen LogP contribution in [0.3, 0.4) is 0 Å². The van der Waals surface area contributed by atoms with Crippen LogP contribution in [-0.4, -0.2) is 65.6 Å². The number of carbonyl (C=O) groups is 3. The Morgan fingerprint density at radius 2 is 1.70 bits per heavy atom. The zero-order valence-corrected chi connectivity index (χ0v) is 18.7. The van der Waals surface area contributed by atoms with Crippen molar-refractivity contribution in [1.29, 1.82) is 0 Å². The van der Waals surface area contributed by atoms with E-state index in [1.165, 1.54) is 27.1 Å². The van der Waals surface area contributed by atoms with Crippen molar-refractivity contribution in [2.45, 2.75) is 65.0 Å². The molecule has 30 heavy (non-hydrogen) atoms. The van der Waals surface area contributed by atoms with Crippen molar-refractivity contribution in [3.05, 3.63) is 16.8 Å². The van der Waals surface area contributed by atoms with Crippen LogP contribution in [0.5, 0.6) is 0 Å². The molecule has 4 unspecified atom stereocenters. The molecule has 0 radical (unpaired) electrons. The highest BCUT2D eigenvalue weighted by molar-refractivity contribution is 6.79. The van der Waals surface area contributed by atoms with E-state index in [0.717, 1.165) is 4.57 Å². The van der Waals surface area contributed by atoms with E-state index < -0.39 is 56.4 Å². The summed E-state index contributed by atoms with van der Waals surface area (Å²) in [6, 6.07) is 0. The first-order valence-corrected chi connectivity index (χ1v) is 12.7. The molecular weight excluding hydrogens is 416 g/mol. The molecule has 1 saturated heterocycles. The summed E-state index contributed by atoms with van der Waals surface area (Å²) in [4.78, 5) is 58.2. The Balaban J connectivity index is 2.39. The van der Waals surface area contributed by atoms with Crippen LogP contribution < -0.4 is 10.7 Å². The Kier molecular flexibility index (Phi) is 7.31. The average molecular weight is 443 g/mol. The largest absolute Gasteiger partial charge is 0.463 e. The van der Waals surface area contributed by atoms with E-state index in [0.29, 0.717) is 0 Å². The predicted octanol–water partition coefficient (Wildman–Crippen LogP) is 0.209. The number of carbonyl (C=O) groups excluding carboxylic acids is 3. The second kappa shape index (κ2) is 9.34. The summed E-state index contributed by atoms with van der Waals surface area (Å²) >= 11 is 0. The number of nitrogens with one attached hydrogen (secondary N) is 1. The molecule has 2 rings (SSSR count). The summed E-state index contributed by atoms with van der Waals surface area (Å²) in [5.74, 6) is -1.74. The zero-order chi connectivity index (χ0) is 22.6. The van der Waals surface area contributed by atoms with E-state index in [-0.39, 0.29) is 12.6 Å². The van der Waals surface area contributed by atoms with Gasteiger partial charge in [-0.15, -0.1) is 0 Å². The number of ether oxygens (including phenoxy) is 4. The fourth-order valence-electron chi connectivity index (χ4n) is 2.83. The topological polar surface area (TPSA) is 148 Å². The maximum Gasteiger partial charge on any atom is 0.354 e. The molecule has 1 N–H and O–H groups in total. The van der Waals surface area contributed by atoms with Gasteiger partial charge in [0.25, 0.3) is 0 Å². The van der Waals surface area contributed by atoms with Gasteiger partial charge in [0, 0.05) is 20.8 Å². The molecular formula is C17H26N4O8Si. The monoisotopic (exact) mass is 442 g/mol. The number of rotatable bonds is 7. The van der Waals surface area contributed by atoms with Gasteiger partial charge in [-0.05, 0) is 0 Å². The second-order valence-corrected chi connectivity index (χ2v) is 12.5.